The normalized spacial score (nSPS) is 14.3. The summed E-state index contributed by atoms with van der Waals surface area (Å²) in [6, 6.07) is 5.94. The third kappa shape index (κ3) is 4.54. The number of hydrogen-bond donors (Lipinski definition) is 0. The number of carbonyl (C=O) groups excluding carboxylic acids is 1. The summed E-state index contributed by atoms with van der Waals surface area (Å²) in [5.74, 6) is 0.826. The average molecular weight is 335 g/mol. The second kappa shape index (κ2) is 7.53. The molecule has 0 heterocycles. The van der Waals surface area contributed by atoms with Gasteiger partial charge in [-0.1, -0.05) is 29.3 Å². The molecule has 2 nitrogen and oxygen atoms in total. The van der Waals surface area contributed by atoms with Gasteiger partial charge in [0, 0.05) is 24.9 Å². The van der Waals surface area contributed by atoms with Crippen molar-refractivity contribution in [3.63, 3.8) is 0 Å². The highest BCUT2D eigenvalue weighted by molar-refractivity contribution is 6.42. The standard InChI is InChI=1S/C15H18Cl3NO/c16-8-2-1-3-15(20)19(12-5-6-12)10-11-4-7-13(17)14(18)9-11/h4,7,9,12H,1-3,5-6,8,10H2. The number of unbranched alkanes of at least 4 members (excludes halogenated alkanes) is 1. The molecule has 5 heteroatoms. The van der Waals surface area contributed by atoms with E-state index in [2.05, 4.69) is 0 Å². The fourth-order valence-electron chi connectivity index (χ4n) is 2.16. The lowest BCUT2D eigenvalue weighted by atomic mass is 10.2. The number of halogens is 3. The lowest BCUT2D eigenvalue weighted by Gasteiger charge is -2.23. The fourth-order valence-corrected chi connectivity index (χ4v) is 2.67. The molecule has 1 saturated carbocycles. The Hall–Kier alpha value is -0.440. The number of alkyl halides is 1. The Labute approximate surface area is 135 Å². The van der Waals surface area contributed by atoms with Crippen molar-refractivity contribution in [2.24, 2.45) is 0 Å². The fraction of sp³-hybridized carbons (Fsp3) is 0.533. The summed E-state index contributed by atoms with van der Waals surface area (Å²) in [6.07, 6.45) is 4.52. The molecule has 0 aliphatic heterocycles. The molecule has 0 radical (unpaired) electrons. The van der Waals surface area contributed by atoms with Crippen LogP contribution in [0.4, 0.5) is 0 Å². The monoisotopic (exact) mass is 333 g/mol. The van der Waals surface area contributed by atoms with Crippen LogP contribution < -0.4 is 0 Å². The first kappa shape index (κ1) is 15.9. The van der Waals surface area contributed by atoms with Crippen LogP contribution in [-0.4, -0.2) is 22.7 Å². The van der Waals surface area contributed by atoms with E-state index in [-0.39, 0.29) is 5.91 Å². The molecular weight excluding hydrogens is 317 g/mol. The molecule has 1 fully saturated rings. The van der Waals surface area contributed by atoms with Gasteiger partial charge in [-0.05, 0) is 43.4 Å². The molecule has 0 atom stereocenters. The highest BCUT2D eigenvalue weighted by Gasteiger charge is 2.32. The molecule has 1 aromatic carbocycles. The van der Waals surface area contributed by atoms with Crippen LogP contribution in [0.15, 0.2) is 18.2 Å². The molecule has 2 rings (SSSR count). The van der Waals surface area contributed by atoms with E-state index < -0.39 is 0 Å². The first-order valence-electron chi connectivity index (χ1n) is 6.91. The van der Waals surface area contributed by atoms with Crippen molar-refractivity contribution in [2.45, 2.75) is 44.7 Å². The average Bonchev–Trinajstić information content (AvgIpc) is 3.24. The van der Waals surface area contributed by atoms with Crippen LogP contribution in [0, 0.1) is 0 Å². The van der Waals surface area contributed by atoms with E-state index in [1.54, 1.807) is 6.07 Å². The number of hydrogen-bond acceptors (Lipinski definition) is 1. The quantitative estimate of drug-likeness (QED) is 0.513. The molecule has 0 N–H and O–H groups in total. The van der Waals surface area contributed by atoms with Gasteiger partial charge in [-0.15, -0.1) is 11.6 Å². The van der Waals surface area contributed by atoms with Crippen LogP contribution in [-0.2, 0) is 11.3 Å². The summed E-state index contributed by atoms with van der Waals surface area (Å²) in [5.41, 5.74) is 1.02. The lowest BCUT2D eigenvalue weighted by Crippen LogP contribution is -2.32. The van der Waals surface area contributed by atoms with E-state index in [9.17, 15) is 4.79 Å². The van der Waals surface area contributed by atoms with Crippen molar-refractivity contribution < 1.29 is 4.79 Å². The van der Waals surface area contributed by atoms with Crippen molar-refractivity contribution in [2.75, 3.05) is 5.88 Å². The Morgan fingerprint density at radius 2 is 1.95 bits per heavy atom. The second-order valence-corrected chi connectivity index (χ2v) is 6.34. The molecule has 1 aliphatic rings. The number of carbonyl (C=O) groups is 1. The minimum absolute atomic E-state index is 0.212. The van der Waals surface area contributed by atoms with Crippen molar-refractivity contribution in [1.29, 1.82) is 0 Å². The van der Waals surface area contributed by atoms with E-state index >= 15 is 0 Å². The van der Waals surface area contributed by atoms with Gasteiger partial charge in [-0.3, -0.25) is 4.79 Å². The topological polar surface area (TPSA) is 20.3 Å². The smallest absolute Gasteiger partial charge is 0.223 e. The predicted octanol–water partition coefficient (Wildman–Crippen LogP) is 4.89. The molecule has 1 aliphatic carbocycles. The SMILES string of the molecule is O=C(CCCCCl)N(Cc1ccc(Cl)c(Cl)c1)C1CC1. The maximum absolute atomic E-state index is 12.3. The maximum Gasteiger partial charge on any atom is 0.223 e. The van der Waals surface area contributed by atoms with Crippen LogP contribution in [0.2, 0.25) is 10.0 Å². The van der Waals surface area contributed by atoms with Gasteiger partial charge >= 0.3 is 0 Å². The lowest BCUT2D eigenvalue weighted by molar-refractivity contribution is -0.132. The highest BCUT2D eigenvalue weighted by atomic mass is 35.5. The Kier molecular flexibility index (Phi) is 6.01. The van der Waals surface area contributed by atoms with Crippen LogP contribution in [0.3, 0.4) is 0 Å². The summed E-state index contributed by atoms with van der Waals surface area (Å²) < 4.78 is 0. The third-order valence-corrected chi connectivity index (χ3v) is 4.43. The molecule has 0 bridgehead atoms. The maximum atomic E-state index is 12.3. The third-order valence-electron chi connectivity index (χ3n) is 3.42. The number of rotatable bonds is 7. The van der Waals surface area contributed by atoms with E-state index in [4.69, 9.17) is 34.8 Å². The number of benzene rings is 1. The number of amides is 1. The molecule has 1 amide bonds. The molecule has 0 saturated heterocycles. The Morgan fingerprint density at radius 1 is 1.20 bits per heavy atom. The Bertz CT molecular complexity index is 474. The van der Waals surface area contributed by atoms with Gasteiger partial charge in [0.2, 0.25) is 5.91 Å². The molecule has 1 aromatic rings. The molecule has 0 aromatic heterocycles. The zero-order valence-corrected chi connectivity index (χ0v) is 13.5. The first-order valence-corrected chi connectivity index (χ1v) is 8.20. The van der Waals surface area contributed by atoms with Crippen LogP contribution in [0.1, 0.15) is 37.7 Å². The molecule has 20 heavy (non-hydrogen) atoms. The van der Waals surface area contributed by atoms with Crippen molar-refractivity contribution in [1.82, 2.24) is 4.90 Å². The van der Waals surface area contributed by atoms with E-state index in [0.29, 0.717) is 34.9 Å². The summed E-state index contributed by atoms with van der Waals surface area (Å²) in [7, 11) is 0. The highest BCUT2D eigenvalue weighted by Crippen LogP contribution is 2.30. The van der Waals surface area contributed by atoms with Crippen molar-refractivity contribution in [3.8, 4) is 0 Å². The minimum Gasteiger partial charge on any atom is -0.335 e. The van der Waals surface area contributed by atoms with E-state index in [1.807, 2.05) is 17.0 Å². The summed E-state index contributed by atoms with van der Waals surface area (Å²) in [6.45, 7) is 0.612. The Morgan fingerprint density at radius 3 is 2.55 bits per heavy atom. The van der Waals surface area contributed by atoms with Gasteiger partial charge in [0.1, 0.15) is 0 Å². The van der Waals surface area contributed by atoms with Gasteiger partial charge in [0.05, 0.1) is 10.0 Å². The van der Waals surface area contributed by atoms with Gasteiger partial charge < -0.3 is 4.90 Å². The second-order valence-electron chi connectivity index (χ2n) is 5.15. The van der Waals surface area contributed by atoms with Crippen LogP contribution in [0.5, 0.6) is 0 Å². The van der Waals surface area contributed by atoms with E-state index in [1.165, 1.54) is 0 Å². The minimum atomic E-state index is 0.212. The molecule has 110 valence electrons. The van der Waals surface area contributed by atoms with Gasteiger partial charge in [-0.25, -0.2) is 0 Å². The first-order chi connectivity index (χ1) is 9.61. The Balaban J connectivity index is 1.98. The molecule has 0 unspecified atom stereocenters. The van der Waals surface area contributed by atoms with Crippen molar-refractivity contribution >= 4 is 40.7 Å². The number of nitrogens with zero attached hydrogens (tertiary/aromatic N) is 1. The van der Waals surface area contributed by atoms with Gasteiger partial charge in [0.25, 0.3) is 0 Å². The molecular formula is C15H18Cl3NO. The summed E-state index contributed by atoms with van der Waals surface area (Å²) >= 11 is 17.6. The zero-order chi connectivity index (χ0) is 14.5. The van der Waals surface area contributed by atoms with Gasteiger partial charge in [-0.2, -0.15) is 0 Å². The van der Waals surface area contributed by atoms with Crippen LogP contribution in [0.25, 0.3) is 0 Å². The summed E-state index contributed by atoms with van der Waals surface area (Å²) in [5, 5.41) is 1.08. The van der Waals surface area contributed by atoms with Crippen molar-refractivity contribution in [3.05, 3.63) is 33.8 Å². The molecule has 0 spiro atoms. The zero-order valence-electron chi connectivity index (χ0n) is 11.2. The van der Waals surface area contributed by atoms with Gasteiger partial charge in [0.15, 0.2) is 0 Å². The van der Waals surface area contributed by atoms with E-state index in [0.717, 1.165) is 31.2 Å². The predicted molar refractivity (Wildman–Crippen MR) is 84.6 cm³/mol. The van der Waals surface area contributed by atoms with Crippen LogP contribution >= 0.6 is 34.8 Å². The summed E-state index contributed by atoms with van der Waals surface area (Å²) in [4.78, 5) is 14.2. The largest absolute Gasteiger partial charge is 0.335 e.